The highest BCUT2D eigenvalue weighted by Gasteiger charge is 2.33. The van der Waals surface area contributed by atoms with E-state index in [4.69, 9.17) is 16.8 Å². The summed E-state index contributed by atoms with van der Waals surface area (Å²) in [5, 5.41) is 10.5. The fraction of sp³-hybridized carbons (Fsp3) is 0.125. The molecule has 1 N–H and O–H groups in total. The summed E-state index contributed by atoms with van der Waals surface area (Å²) in [4.78, 5) is 0. The fourth-order valence-corrected chi connectivity index (χ4v) is 1.52. The number of hydrogen-bond acceptors (Lipinski definition) is 2. The standard InChI is InChI=1S/C8H4BrClF3NO/c9-6-2-1-4(7(10)14-15)3-5(6)8(11,12)13/h1-3,15H/b14-7-. The maximum atomic E-state index is 12.4. The number of benzene rings is 1. The maximum absolute atomic E-state index is 12.4. The monoisotopic (exact) mass is 301 g/mol. The summed E-state index contributed by atoms with van der Waals surface area (Å²) in [7, 11) is 0. The minimum Gasteiger partial charge on any atom is -0.410 e. The molecule has 1 rings (SSSR count). The van der Waals surface area contributed by atoms with Crippen LogP contribution < -0.4 is 0 Å². The van der Waals surface area contributed by atoms with Crippen molar-refractivity contribution in [2.75, 3.05) is 0 Å². The largest absolute Gasteiger partial charge is 0.417 e. The van der Waals surface area contributed by atoms with Crippen LogP contribution in [0.15, 0.2) is 27.8 Å². The third kappa shape index (κ3) is 2.85. The fourth-order valence-electron chi connectivity index (χ4n) is 0.929. The predicted molar refractivity (Wildman–Crippen MR) is 53.3 cm³/mol. The molecule has 0 radical (unpaired) electrons. The van der Waals surface area contributed by atoms with Crippen molar-refractivity contribution in [3.8, 4) is 0 Å². The van der Waals surface area contributed by atoms with Crippen LogP contribution in [-0.2, 0) is 6.18 Å². The van der Waals surface area contributed by atoms with Crippen molar-refractivity contribution in [2.24, 2.45) is 5.16 Å². The SMILES string of the molecule is O/N=C(\Cl)c1ccc(Br)c(C(F)(F)F)c1. The van der Waals surface area contributed by atoms with Gasteiger partial charge >= 0.3 is 6.18 Å². The molecule has 2 nitrogen and oxygen atoms in total. The maximum Gasteiger partial charge on any atom is 0.417 e. The van der Waals surface area contributed by atoms with Crippen LogP contribution in [0.5, 0.6) is 0 Å². The zero-order valence-electron chi connectivity index (χ0n) is 7.02. The Morgan fingerprint density at radius 1 is 1.40 bits per heavy atom. The van der Waals surface area contributed by atoms with Crippen molar-refractivity contribution >= 4 is 32.7 Å². The number of rotatable bonds is 1. The molecule has 82 valence electrons. The summed E-state index contributed by atoms with van der Waals surface area (Å²) < 4.78 is 37.2. The van der Waals surface area contributed by atoms with Gasteiger partial charge in [-0.05, 0) is 12.1 Å². The van der Waals surface area contributed by atoms with Crippen molar-refractivity contribution < 1.29 is 18.4 Å². The molecule has 0 fully saturated rings. The molecule has 0 aromatic heterocycles. The first-order valence-corrected chi connectivity index (χ1v) is 4.78. The Hall–Kier alpha value is -0.750. The lowest BCUT2D eigenvalue weighted by atomic mass is 10.1. The van der Waals surface area contributed by atoms with Gasteiger partial charge in [0.25, 0.3) is 0 Å². The molecule has 0 heterocycles. The minimum atomic E-state index is -4.48. The second kappa shape index (κ2) is 4.40. The van der Waals surface area contributed by atoms with E-state index < -0.39 is 16.9 Å². The smallest absolute Gasteiger partial charge is 0.410 e. The van der Waals surface area contributed by atoms with E-state index in [2.05, 4.69) is 21.1 Å². The molecule has 0 saturated carbocycles. The van der Waals surface area contributed by atoms with Crippen molar-refractivity contribution in [3.05, 3.63) is 33.8 Å². The summed E-state index contributed by atoms with van der Waals surface area (Å²) in [6.45, 7) is 0. The van der Waals surface area contributed by atoms with Crippen LogP contribution >= 0.6 is 27.5 Å². The van der Waals surface area contributed by atoms with Crippen LogP contribution in [0, 0.1) is 0 Å². The highest BCUT2D eigenvalue weighted by Crippen LogP contribution is 2.35. The van der Waals surface area contributed by atoms with E-state index in [0.29, 0.717) is 0 Å². The topological polar surface area (TPSA) is 32.6 Å². The average molecular weight is 302 g/mol. The Labute approximate surface area is 96.5 Å². The van der Waals surface area contributed by atoms with E-state index in [1.807, 2.05) is 0 Å². The van der Waals surface area contributed by atoms with E-state index in [1.165, 1.54) is 12.1 Å². The third-order valence-electron chi connectivity index (χ3n) is 1.60. The molecule has 7 heteroatoms. The van der Waals surface area contributed by atoms with Crippen LogP contribution in [-0.4, -0.2) is 10.4 Å². The lowest BCUT2D eigenvalue weighted by Gasteiger charge is -2.09. The lowest BCUT2D eigenvalue weighted by Crippen LogP contribution is -2.07. The summed E-state index contributed by atoms with van der Waals surface area (Å²) >= 11 is 8.15. The molecule has 0 aliphatic heterocycles. The molecule has 0 saturated heterocycles. The molecular formula is C8H4BrClF3NO. The molecule has 0 unspecified atom stereocenters. The van der Waals surface area contributed by atoms with Gasteiger partial charge in [-0.25, -0.2) is 0 Å². The molecule has 0 aliphatic carbocycles. The third-order valence-corrected chi connectivity index (χ3v) is 2.58. The van der Waals surface area contributed by atoms with Gasteiger partial charge < -0.3 is 5.21 Å². The second-order valence-electron chi connectivity index (χ2n) is 2.58. The molecule has 0 bridgehead atoms. The van der Waals surface area contributed by atoms with Crippen molar-refractivity contribution in [2.45, 2.75) is 6.18 Å². The Morgan fingerprint density at radius 2 is 2.00 bits per heavy atom. The molecule has 1 aromatic carbocycles. The zero-order chi connectivity index (χ0) is 11.6. The normalized spacial score (nSPS) is 13.0. The quantitative estimate of drug-likeness (QED) is 0.477. The number of oxime groups is 1. The second-order valence-corrected chi connectivity index (χ2v) is 3.80. The van der Waals surface area contributed by atoms with E-state index >= 15 is 0 Å². The van der Waals surface area contributed by atoms with Crippen molar-refractivity contribution in [1.29, 1.82) is 0 Å². The minimum absolute atomic E-state index is 0.00492. The summed E-state index contributed by atoms with van der Waals surface area (Å²) in [6, 6.07) is 3.29. The van der Waals surface area contributed by atoms with Crippen LogP contribution in [0.25, 0.3) is 0 Å². The van der Waals surface area contributed by atoms with Crippen LogP contribution in [0.4, 0.5) is 13.2 Å². The summed E-state index contributed by atoms with van der Waals surface area (Å²) in [6.07, 6.45) is -4.48. The Kier molecular flexibility index (Phi) is 3.62. The van der Waals surface area contributed by atoms with Gasteiger partial charge in [-0.3, -0.25) is 0 Å². The molecule has 1 aromatic rings. The van der Waals surface area contributed by atoms with Gasteiger partial charge in [-0.15, -0.1) is 0 Å². The zero-order valence-corrected chi connectivity index (χ0v) is 9.36. The van der Waals surface area contributed by atoms with Gasteiger partial charge in [0.1, 0.15) is 0 Å². The van der Waals surface area contributed by atoms with Crippen LogP contribution in [0.3, 0.4) is 0 Å². The van der Waals surface area contributed by atoms with Gasteiger partial charge in [0.15, 0.2) is 5.17 Å². The highest BCUT2D eigenvalue weighted by molar-refractivity contribution is 9.10. The highest BCUT2D eigenvalue weighted by atomic mass is 79.9. The lowest BCUT2D eigenvalue weighted by molar-refractivity contribution is -0.138. The van der Waals surface area contributed by atoms with E-state index in [-0.39, 0.29) is 10.0 Å². The number of alkyl halides is 3. The van der Waals surface area contributed by atoms with Crippen LogP contribution in [0.1, 0.15) is 11.1 Å². The summed E-state index contributed by atoms with van der Waals surface area (Å²) in [5.74, 6) is 0. The molecule has 0 aliphatic rings. The number of halogens is 5. The van der Waals surface area contributed by atoms with E-state index in [9.17, 15) is 13.2 Å². The van der Waals surface area contributed by atoms with E-state index in [0.717, 1.165) is 6.07 Å². The Balaban J connectivity index is 3.29. The number of hydrogen-bond donors (Lipinski definition) is 1. The average Bonchev–Trinajstić information content (AvgIpc) is 2.15. The van der Waals surface area contributed by atoms with Gasteiger partial charge in [0.05, 0.1) is 5.56 Å². The molecule has 0 spiro atoms. The van der Waals surface area contributed by atoms with Gasteiger partial charge in [-0.1, -0.05) is 38.8 Å². The van der Waals surface area contributed by atoms with Crippen molar-refractivity contribution in [1.82, 2.24) is 0 Å². The molecule has 15 heavy (non-hydrogen) atoms. The first kappa shape index (κ1) is 12.3. The first-order chi connectivity index (χ1) is 6.86. The molecule has 0 amide bonds. The Morgan fingerprint density at radius 3 is 2.47 bits per heavy atom. The van der Waals surface area contributed by atoms with Gasteiger partial charge in [-0.2, -0.15) is 13.2 Å². The van der Waals surface area contributed by atoms with Crippen LogP contribution in [0.2, 0.25) is 0 Å². The molecule has 0 atom stereocenters. The van der Waals surface area contributed by atoms with Crippen molar-refractivity contribution in [3.63, 3.8) is 0 Å². The van der Waals surface area contributed by atoms with Gasteiger partial charge in [0.2, 0.25) is 0 Å². The molecular weight excluding hydrogens is 298 g/mol. The predicted octanol–water partition coefficient (Wildman–Crippen LogP) is 3.84. The first-order valence-electron chi connectivity index (χ1n) is 3.61. The Bertz CT molecular complexity index is 405. The van der Waals surface area contributed by atoms with E-state index in [1.54, 1.807) is 0 Å². The summed E-state index contributed by atoms with van der Waals surface area (Å²) in [5.41, 5.74) is -0.878. The number of nitrogens with zero attached hydrogens (tertiary/aromatic N) is 1. The van der Waals surface area contributed by atoms with Gasteiger partial charge in [0, 0.05) is 10.0 Å².